The van der Waals surface area contributed by atoms with Crippen LogP contribution in [0.5, 0.6) is 0 Å². The molecular weight excluding hydrogens is 512 g/mol. The number of imide groups is 1. The highest BCUT2D eigenvalue weighted by molar-refractivity contribution is 9.10. The van der Waals surface area contributed by atoms with Gasteiger partial charge in [-0.2, -0.15) is 0 Å². The number of nitrogens with one attached hydrogen (secondary N) is 1. The number of ether oxygens (including phenoxy) is 1. The number of carbonyl (C=O) groups is 4. The molecule has 8 heteroatoms. The Morgan fingerprint density at radius 1 is 0.914 bits per heavy atom. The quantitative estimate of drug-likeness (QED) is 0.357. The number of fused-ring (bicyclic) bond motifs is 1. The van der Waals surface area contributed by atoms with E-state index in [4.69, 9.17) is 4.74 Å². The van der Waals surface area contributed by atoms with Crippen LogP contribution in [0.1, 0.15) is 37.4 Å². The van der Waals surface area contributed by atoms with Crippen LogP contribution >= 0.6 is 15.9 Å². The van der Waals surface area contributed by atoms with Crippen LogP contribution in [0.2, 0.25) is 0 Å². The molecule has 4 rings (SSSR count). The van der Waals surface area contributed by atoms with Gasteiger partial charge in [0.25, 0.3) is 17.7 Å². The summed E-state index contributed by atoms with van der Waals surface area (Å²) in [5, 5.41) is 2.71. The van der Waals surface area contributed by atoms with Crippen molar-refractivity contribution in [3.8, 4) is 0 Å². The molecule has 0 spiro atoms. The van der Waals surface area contributed by atoms with Crippen molar-refractivity contribution >= 4 is 45.3 Å². The molecule has 1 N–H and O–H groups in total. The van der Waals surface area contributed by atoms with Crippen LogP contribution in [0.25, 0.3) is 0 Å². The summed E-state index contributed by atoms with van der Waals surface area (Å²) >= 11 is 3.48. The van der Waals surface area contributed by atoms with Gasteiger partial charge in [0.1, 0.15) is 6.04 Å². The average Bonchev–Trinajstić information content (AvgIpc) is 3.10. The first kappa shape index (κ1) is 24.3. The fraction of sp³-hybridized carbons (Fsp3) is 0.185. The standard InChI is InChI=1S/C27H23BrN2O5/c1-16-12-19(13-17(2)24(16)28)29-23(31)15-35-27(34)22(14-18-8-4-3-5-9-18)30-25(32)20-10-6-7-11-21(20)26(30)33/h3-13,22H,14-15H2,1-2H3,(H,29,31)/t22-/m0/s1. The van der Waals surface area contributed by atoms with Gasteiger partial charge in [-0.25, -0.2) is 4.79 Å². The van der Waals surface area contributed by atoms with Crippen molar-refractivity contribution < 1.29 is 23.9 Å². The molecule has 1 aliphatic heterocycles. The summed E-state index contributed by atoms with van der Waals surface area (Å²) in [6.07, 6.45) is 0.0673. The molecule has 1 aliphatic rings. The summed E-state index contributed by atoms with van der Waals surface area (Å²) in [5.41, 5.74) is 3.70. The minimum atomic E-state index is -1.21. The Morgan fingerprint density at radius 3 is 2.03 bits per heavy atom. The topological polar surface area (TPSA) is 92.8 Å². The second-order valence-corrected chi connectivity index (χ2v) is 9.10. The zero-order valence-electron chi connectivity index (χ0n) is 19.2. The van der Waals surface area contributed by atoms with Crippen LogP contribution in [-0.4, -0.2) is 41.2 Å². The third kappa shape index (κ3) is 5.17. The van der Waals surface area contributed by atoms with Crippen LogP contribution < -0.4 is 5.32 Å². The van der Waals surface area contributed by atoms with E-state index in [2.05, 4.69) is 21.2 Å². The Bertz CT molecular complexity index is 1260. The van der Waals surface area contributed by atoms with Gasteiger partial charge in [0, 0.05) is 16.6 Å². The number of esters is 1. The van der Waals surface area contributed by atoms with Gasteiger partial charge in [0.15, 0.2) is 6.61 Å². The normalized spacial score (nSPS) is 13.4. The predicted octanol–water partition coefficient (Wildman–Crippen LogP) is 4.46. The minimum Gasteiger partial charge on any atom is -0.454 e. The van der Waals surface area contributed by atoms with Crippen molar-refractivity contribution in [3.05, 3.63) is 99.0 Å². The number of anilines is 1. The SMILES string of the molecule is Cc1cc(NC(=O)COC(=O)[C@H](Cc2ccccc2)N2C(=O)c3ccccc3C2=O)cc(C)c1Br. The van der Waals surface area contributed by atoms with Gasteiger partial charge in [-0.3, -0.25) is 19.3 Å². The number of nitrogens with zero attached hydrogens (tertiary/aromatic N) is 1. The lowest BCUT2D eigenvalue weighted by Gasteiger charge is -2.24. The number of hydrogen-bond donors (Lipinski definition) is 1. The molecule has 0 aromatic heterocycles. The van der Waals surface area contributed by atoms with E-state index >= 15 is 0 Å². The van der Waals surface area contributed by atoms with E-state index in [-0.39, 0.29) is 17.5 Å². The van der Waals surface area contributed by atoms with Gasteiger partial charge >= 0.3 is 5.97 Å². The first-order valence-electron chi connectivity index (χ1n) is 11.0. The third-order valence-corrected chi connectivity index (χ3v) is 7.00. The monoisotopic (exact) mass is 534 g/mol. The molecule has 3 aromatic rings. The Labute approximate surface area is 211 Å². The van der Waals surface area contributed by atoms with Crippen molar-refractivity contribution in [2.75, 3.05) is 11.9 Å². The average molecular weight is 535 g/mol. The van der Waals surface area contributed by atoms with Crippen molar-refractivity contribution in [1.29, 1.82) is 0 Å². The maximum absolute atomic E-state index is 13.1. The second kappa shape index (κ2) is 10.2. The molecule has 0 saturated carbocycles. The summed E-state index contributed by atoms with van der Waals surface area (Å²) in [5.74, 6) is -2.48. The highest BCUT2D eigenvalue weighted by atomic mass is 79.9. The lowest BCUT2D eigenvalue weighted by atomic mass is 10.0. The smallest absolute Gasteiger partial charge is 0.330 e. The number of halogens is 1. The molecule has 178 valence electrons. The Kier molecular flexibility index (Phi) is 7.12. The molecule has 0 saturated heterocycles. The van der Waals surface area contributed by atoms with Crippen LogP contribution in [0.3, 0.4) is 0 Å². The summed E-state index contributed by atoms with van der Waals surface area (Å²) < 4.78 is 6.25. The maximum atomic E-state index is 13.1. The molecule has 35 heavy (non-hydrogen) atoms. The van der Waals surface area contributed by atoms with Gasteiger partial charge in [-0.1, -0.05) is 58.4 Å². The predicted molar refractivity (Wildman–Crippen MR) is 134 cm³/mol. The molecule has 0 bridgehead atoms. The van der Waals surface area contributed by atoms with Crippen LogP contribution in [-0.2, 0) is 20.7 Å². The first-order valence-corrected chi connectivity index (χ1v) is 11.8. The van der Waals surface area contributed by atoms with E-state index in [0.29, 0.717) is 5.69 Å². The molecule has 1 atom stereocenters. The molecule has 7 nitrogen and oxygen atoms in total. The van der Waals surface area contributed by atoms with E-state index in [1.807, 2.05) is 19.9 Å². The van der Waals surface area contributed by atoms with E-state index in [1.54, 1.807) is 60.7 Å². The number of amides is 3. The highest BCUT2D eigenvalue weighted by Crippen LogP contribution is 2.27. The van der Waals surface area contributed by atoms with Gasteiger partial charge in [0.05, 0.1) is 11.1 Å². The Morgan fingerprint density at radius 2 is 1.46 bits per heavy atom. The number of hydrogen-bond acceptors (Lipinski definition) is 5. The number of carbonyl (C=O) groups excluding carboxylic acids is 4. The van der Waals surface area contributed by atoms with Crippen molar-refractivity contribution in [2.45, 2.75) is 26.3 Å². The molecule has 0 aliphatic carbocycles. The largest absolute Gasteiger partial charge is 0.454 e. The summed E-state index contributed by atoms with van der Waals surface area (Å²) in [6, 6.07) is 17.8. The van der Waals surface area contributed by atoms with Gasteiger partial charge in [-0.15, -0.1) is 0 Å². The van der Waals surface area contributed by atoms with Crippen LogP contribution in [0, 0.1) is 13.8 Å². The summed E-state index contributed by atoms with van der Waals surface area (Å²) in [6.45, 7) is 3.26. The zero-order valence-corrected chi connectivity index (χ0v) is 20.8. The molecule has 0 unspecified atom stereocenters. The second-order valence-electron chi connectivity index (χ2n) is 8.31. The third-order valence-electron chi connectivity index (χ3n) is 5.75. The van der Waals surface area contributed by atoms with E-state index in [9.17, 15) is 19.2 Å². The maximum Gasteiger partial charge on any atom is 0.330 e. The fourth-order valence-electron chi connectivity index (χ4n) is 4.06. The first-order chi connectivity index (χ1) is 16.8. The van der Waals surface area contributed by atoms with Crippen LogP contribution in [0.15, 0.2) is 71.2 Å². The van der Waals surface area contributed by atoms with Gasteiger partial charge in [0.2, 0.25) is 0 Å². The van der Waals surface area contributed by atoms with Gasteiger partial charge < -0.3 is 10.1 Å². The lowest BCUT2D eigenvalue weighted by molar-refractivity contribution is -0.151. The van der Waals surface area contributed by atoms with E-state index in [1.165, 1.54) is 0 Å². The number of benzene rings is 3. The van der Waals surface area contributed by atoms with Crippen molar-refractivity contribution in [3.63, 3.8) is 0 Å². The number of aryl methyl sites for hydroxylation is 2. The van der Waals surface area contributed by atoms with Crippen molar-refractivity contribution in [2.24, 2.45) is 0 Å². The Balaban J connectivity index is 1.51. The molecule has 3 amide bonds. The zero-order chi connectivity index (χ0) is 25.1. The summed E-state index contributed by atoms with van der Waals surface area (Å²) in [7, 11) is 0. The summed E-state index contributed by atoms with van der Waals surface area (Å²) in [4.78, 5) is 52.6. The van der Waals surface area contributed by atoms with E-state index < -0.39 is 36.3 Å². The Hall–Kier alpha value is -3.78. The van der Waals surface area contributed by atoms with E-state index in [0.717, 1.165) is 26.1 Å². The lowest BCUT2D eigenvalue weighted by Crippen LogP contribution is -2.47. The van der Waals surface area contributed by atoms with Crippen molar-refractivity contribution in [1.82, 2.24) is 4.90 Å². The molecular formula is C27H23BrN2O5. The highest BCUT2D eigenvalue weighted by Gasteiger charge is 2.43. The minimum absolute atomic E-state index is 0.0673. The number of rotatable bonds is 7. The molecule has 3 aromatic carbocycles. The fourth-order valence-corrected chi connectivity index (χ4v) is 4.29. The van der Waals surface area contributed by atoms with Crippen LogP contribution in [0.4, 0.5) is 5.69 Å². The molecule has 0 radical (unpaired) electrons. The van der Waals surface area contributed by atoms with Gasteiger partial charge in [-0.05, 0) is 54.8 Å². The molecule has 1 heterocycles. The molecule has 0 fully saturated rings.